The van der Waals surface area contributed by atoms with E-state index in [1.54, 1.807) is 0 Å². The molecule has 0 aromatic heterocycles. The molecule has 8 heteroatoms. The highest BCUT2D eigenvalue weighted by Gasteiger charge is 2.52. The molecule has 108 valence electrons. The van der Waals surface area contributed by atoms with Crippen LogP contribution in [0.3, 0.4) is 0 Å². The summed E-state index contributed by atoms with van der Waals surface area (Å²) in [5.41, 5.74) is -0.897. The Balaban J connectivity index is 2.34. The van der Waals surface area contributed by atoms with E-state index >= 15 is 0 Å². The lowest BCUT2D eigenvalue weighted by atomic mass is 9.81. The van der Waals surface area contributed by atoms with E-state index in [9.17, 15) is 22.4 Å². The van der Waals surface area contributed by atoms with Crippen molar-refractivity contribution in [2.45, 2.75) is 42.8 Å². The molecule has 1 heterocycles. The molecule has 0 bridgehead atoms. The highest BCUT2D eigenvalue weighted by Crippen LogP contribution is 2.42. The number of carbonyl (C=O) groups is 1. The molecule has 0 spiro atoms. The third-order valence-electron chi connectivity index (χ3n) is 3.30. The number of halogens is 5. The van der Waals surface area contributed by atoms with E-state index in [0.29, 0.717) is 0 Å². The van der Waals surface area contributed by atoms with Crippen LogP contribution in [0.1, 0.15) is 12.8 Å². The molecule has 3 nitrogen and oxygen atoms in total. The van der Waals surface area contributed by atoms with Gasteiger partial charge in [0.1, 0.15) is 6.17 Å². The van der Waals surface area contributed by atoms with Crippen LogP contribution >= 0.6 is 11.6 Å². The Morgan fingerprint density at radius 2 is 2.05 bits per heavy atom. The zero-order valence-corrected chi connectivity index (χ0v) is 10.3. The van der Waals surface area contributed by atoms with Gasteiger partial charge in [0, 0.05) is 11.3 Å². The first kappa shape index (κ1) is 14.6. The molecule has 0 amide bonds. The fraction of sp³-hybridized carbons (Fsp3) is 0.727. The summed E-state index contributed by atoms with van der Waals surface area (Å²) in [4.78, 5) is 10.9. The first-order valence-electron chi connectivity index (χ1n) is 5.65. The average Bonchev–Trinajstić information content (AvgIpc) is 2.25. The Kier molecular flexibility index (Phi) is 3.79. The van der Waals surface area contributed by atoms with Crippen LogP contribution in [0.2, 0.25) is 0 Å². The topological polar surface area (TPSA) is 46.5 Å². The number of aliphatic carboxylic acids is 1. The number of carboxylic acids is 1. The minimum atomic E-state index is -4.88. The van der Waals surface area contributed by atoms with Gasteiger partial charge < -0.3 is 9.84 Å². The number of hydrogen-bond acceptors (Lipinski definition) is 2. The van der Waals surface area contributed by atoms with Crippen molar-refractivity contribution in [2.75, 3.05) is 0 Å². The molecule has 2 rings (SSSR count). The smallest absolute Gasteiger partial charge is 0.419 e. The Bertz CT molecular complexity index is 409. The van der Waals surface area contributed by atoms with Crippen LogP contribution in [0.25, 0.3) is 0 Å². The number of fused-ring (bicyclic) bond motifs is 1. The van der Waals surface area contributed by atoms with Crippen LogP contribution in [0, 0.1) is 5.92 Å². The van der Waals surface area contributed by atoms with Crippen molar-refractivity contribution in [3.8, 4) is 0 Å². The summed E-state index contributed by atoms with van der Waals surface area (Å²) in [7, 11) is 0. The van der Waals surface area contributed by atoms with E-state index in [4.69, 9.17) is 16.7 Å². The van der Waals surface area contributed by atoms with Crippen molar-refractivity contribution in [1.82, 2.24) is 0 Å². The molecule has 0 radical (unpaired) electrons. The van der Waals surface area contributed by atoms with E-state index in [1.165, 1.54) is 0 Å². The highest BCUT2D eigenvalue weighted by molar-refractivity contribution is 6.20. The molecular weight excluding hydrogens is 292 g/mol. The van der Waals surface area contributed by atoms with Gasteiger partial charge in [-0.1, -0.05) is 6.08 Å². The second kappa shape index (κ2) is 4.94. The second-order valence-corrected chi connectivity index (χ2v) is 5.32. The van der Waals surface area contributed by atoms with E-state index in [0.717, 1.165) is 6.08 Å². The predicted molar refractivity (Wildman–Crippen MR) is 57.7 cm³/mol. The zero-order valence-electron chi connectivity index (χ0n) is 9.53. The van der Waals surface area contributed by atoms with Gasteiger partial charge >= 0.3 is 12.1 Å². The first-order valence-corrected chi connectivity index (χ1v) is 6.09. The predicted octanol–water partition coefficient (Wildman–Crippen LogP) is 2.68. The fourth-order valence-corrected chi connectivity index (χ4v) is 2.88. The van der Waals surface area contributed by atoms with Crippen LogP contribution in [-0.4, -0.2) is 41.0 Å². The SMILES string of the molecule is O=C(O)C1=CC2CC(Cl)CC(F)C2OC1C(F)(F)F. The minimum absolute atomic E-state index is 0.0937. The van der Waals surface area contributed by atoms with Gasteiger partial charge in [-0.3, -0.25) is 0 Å². The number of rotatable bonds is 1. The molecule has 1 fully saturated rings. The third kappa shape index (κ3) is 2.86. The maximum Gasteiger partial charge on any atom is 0.419 e. The van der Waals surface area contributed by atoms with E-state index in [1.807, 2.05) is 0 Å². The van der Waals surface area contributed by atoms with Gasteiger partial charge in [0.05, 0.1) is 11.7 Å². The van der Waals surface area contributed by atoms with Crippen LogP contribution in [0.5, 0.6) is 0 Å². The molecule has 5 atom stereocenters. The van der Waals surface area contributed by atoms with Crippen molar-refractivity contribution in [3.05, 3.63) is 11.6 Å². The lowest BCUT2D eigenvalue weighted by Gasteiger charge is -2.41. The molecule has 0 saturated heterocycles. The van der Waals surface area contributed by atoms with E-state index in [-0.39, 0.29) is 12.8 Å². The molecule has 19 heavy (non-hydrogen) atoms. The van der Waals surface area contributed by atoms with Crippen molar-refractivity contribution < 1.29 is 32.2 Å². The summed E-state index contributed by atoms with van der Waals surface area (Å²) in [6.45, 7) is 0. The number of hydrogen-bond donors (Lipinski definition) is 1. The van der Waals surface area contributed by atoms with Gasteiger partial charge in [-0.25, -0.2) is 9.18 Å². The first-order chi connectivity index (χ1) is 8.70. The Morgan fingerprint density at radius 1 is 1.42 bits per heavy atom. The van der Waals surface area contributed by atoms with Crippen LogP contribution in [0.15, 0.2) is 11.6 Å². The van der Waals surface area contributed by atoms with E-state index < -0.39 is 47.4 Å². The molecule has 0 aromatic rings. The number of ether oxygens (including phenoxy) is 1. The summed E-state index contributed by atoms with van der Waals surface area (Å²) in [6, 6.07) is 0. The maximum atomic E-state index is 13.7. The molecule has 1 saturated carbocycles. The van der Waals surface area contributed by atoms with Crippen molar-refractivity contribution >= 4 is 17.6 Å². The van der Waals surface area contributed by atoms with Gasteiger partial charge in [0.2, 0.25) is 0 Å². The molecular formula is C11H11ClF4O3. The van der Waals surface area contributed by atoms with E-state index in [2.05, 4.69) is 4.74 Å². The van der Waals surface area contributed by atoms with Crippen LogP contribution < -0.4 is 0 Å². The highest BCUT2D eigenvalue weighted by atomic mass is 35.5. The summed E-state index contributed by atoms with van der Waals surface area (Å²) in [5, 5.41) is 8.29. The van der Waals surface area contributed by atoms with Crippen LogP contribution in [0.4, 0.5) is 17.6 Å². The summed E-state index contributed by atoms with van der Waals surface area (Å²) < 4.78 is 56.6. The lowest BCUT2D eigenvalue weighted by Crippen LogP contribution is -2.50. The second-order valence-electron chi connectivity index (χ2n) is 4.70. The zero-order chi connectivity index (χ0) is 14.4. The Labute approximate surface area is 111 Å². The average molecular weight is 303 g/mol. The Morgan fingerprint density at radius 3 is 2.58 bits per heavy atom. The Hall–Kier alpha value is -0.820. The molecule has 1 N–H and O–H groups in total. The minimum Gasteiger partial charge on any atom is -0.478 e. The number of alkyl halides is 5. The van der Waals surface area contributed by atoms with Crippen LogP contribution in [-0.2, 0) is 9.53 Å². The van der Waals surface area contributed by atoms with Crippen molar-refractivity contribution in [3.63, 3.8) is 0 Å². The van der Waals surface area contributed by atoms with Gasteiger partial charge in [-0.15, -0.1) is 11.6 Å². The summed E-state index contributed by atoms with van der Waals surface area (Å²) in [6.07, 6.45) is -9.33. The maximum absolute atomic E-state index is 13.7. The standard InChI is InChI=1S/C11H11ClF4O3/c12-5-1-4-2-6(10(17)18)9(11(14,15)16)19-8(4)7(13)3-5/h2,4-5,7-9H,1,3H2,(H,17,18). The molecule has 1 aliphatic heterocycles. The molecule has 0 aromatic carbocycles. The van der Waals surface area contributed by atoms with Gasteiger partial charge in [0.15, 0.2) is 6.10 Å². The largest absolute Gasteiger partial charge is 0.478 e. The van der Waals surface area contributed by atoms with Crippen molar-refractivity contribution in [2.24, 2.45) is 5.92 Å². The monoisotopic (exact) mass is 302 g/mol. The quantitative estimate of drug-likeness (QED) is 0.598. The van der Waals surface area contributed by atoms with Gasteiger partial charge in [0.25, 0.3) is 0 Å². The molecule has 5 unspecified atom stereocenters. The molecule has 2 aliphatic rings. The van der Waals surface area contributed by atoms with Gasteiger partial charge in [-0.05, 0) is 12.8 Å². The summed E-state index contributed by atoms with van der Waals surface area (Å²) in [5.74, 6) is -2.45. The fourth-order valence-electron chi connectivity index (χ4n) is 2.51. The van der Waals surface area contributed by atoms with Crippen molar-refractivity contribution in [1.29, 1.82) is 0 Å². The normalized spacial score (nSPS) is 39.4. The number of carboxylic acid groups (broad SMARTS) is 1. The third-order valence-corrected chi connectivity index (χ3v) is 3.66. The lowest BCUT2D eigenvalue weighted by molar-refractivity contribution is -0.238. The van der Waals surface area contributed by atoms with Gasteiger partial charge in [-0.2, -0.15) is 13.2 Å². The molecule has 1 aliphatic carbocycles. The summed E-state index contributed by atoms with van der Waals surface area (Å²) >= 11 is 5.79.